The zero-order chi connectivity index (χ0) is 14.2. The van der Waals surface area contributed by atoms with Gasteiger partial charge in [-0.1, -0.05) is 18.7 Å². The third-order valence-corrected chi connectivity index (χ3v) is 5.00. The maximum Gasteiger partial charge on any atom is 0.313 e. The third kappa shape index (κ3) is 2.52. The number of nitrogens with zero attached hydrogens (tertiary/aromatic N) is 3. The fourth-order valence-electron chi connectivity index (χ4n) is 2.48. The number of hydrogen-bond donors (Lipinski definition) is 1. The smallest absolute Gasteiger partial charge is 0.313 e. The minimum Gasteiger partial charge on any atom is -0.481 e. The number of carboxylic acid groups (broad SMARTS) is 1. The highest BCUT2D eigenvalue weighted by molar-refractivity contribution is 7.99. The SMILES string of the molecule is CCC1(Cn2c(SCC(=O)O)nc3cnccc32)CC1. The lowest BCUT2D eigenvalue weighted by atomic mass is 10.0. The molecule has 0 aliphatic heterocycles. The Hall–Kier alpha value is -1.56. The van der Waals surface area contributed by atoms with Gasteiger partial charge in [-0.3, -0.25) is 9.78 Å². The van der Waals surface area contributed by atoms with Gasteiger partial charge in [0.2, 0.25) is 0 Å². The van der Waals surface area contributed by atoms with Crippen molar-refractivity contribution in [2.45, 2.75) is 37.9 Å². The van der Waals surface area contributed by atoms with E-state index in [0.29, 0.717) is 5.41 Å². The molecule has 1 aliphatic carbocycles. The summed E-state index contributed by atoms with van der Waals surface area (Å²) in [6.45, 7) is 3.14. The van der Waals surface area contributed by atoms with Gasteiger partial charge in [0, 0.05) is 12.7 Å². The molecule has 5 nitrogen and oxygen atoms in total. The molecule has 20 heavy (non-hydrogen) atoms. The van der Waals surface area contributed by atoms with Crippen molar-refractivity contribution < 1.29 is 9.90 Å². The van der Waals surface area contributed by atoms with Gasteiger partial charge in [0.15, 0.2) is 5.16 Å². The van der Waals surface area contributed by atoms with Crippen LogP contribution in [0.25, 0.3) is 11.0 Å². The van der Waals surface area contributed by atoms with Crippen LogP contribution in [0.15, 0.2) is 23.6 Å². The molecule has 0 bridgehead atoms. The van der Waals surface area contributed by atoms with Gasteiger partial charge >= 0.3 is 5.97 Å². The molecule has 1 fully saturated rings. The van der Waals surface area contributed by atoms with Crippen LogP contribution in [0.4, 0.5) is 0 Å². The van der Waals surface area contributed by atoms with Gasteiger partial charge < -0.3 is 9.67 Å². The van der Waals surface area contributed by atoms with Crippen molar-refractivity contribution in [3.8, 4) is 0 Å². The monoisotopic (exact) mass is 291 g/mol. The molecule has 2 aromatic rings. The molecular weight excluding hydrogens is 274 g/mol. The van der Waals surface area contributed by atoms with E-state index in [1.807, 2.05) is 6.07 Å². The second kappa shape index (κ2) is 5.09. The normalized spacial score (nSPS) is 16.4. The van der Waals surface area contributed by atoms with Gasteiger partial charge in [-0.05, 0) is 30.7 Å². The first-order chi connectivity index (χ1) is 9.63. The lowest BCUT2D eigenvalue weighted by molar-refractivity contribution is -0.133. The summed E-state index contributed by atoms with van der Waals surface area (Å²) in [6.07, 6.45) is 7.15. The van der Waals surface area contributed by atoms with E-state index in [0.717, 1.165) is 29.2 Å². The zero-order valence-corrected chi connectivity index (χ0v) is 12.2. The molecule has 0 amide bonds. The summed E-state index contributed by atoms with van der Waals surface area (Å²) >= 11 is 1.28. The van der Waals surface area contributed by atoms with Gasteiger partial charge in [-0.25, -0.2) is 4.98 Å². The Bertz CT molecular complexity index is 649. The summed E-state index contributed by atoms with van der Waals surface area (Å²) in [6, 6.07) is 1.96. The van der Waals surface area contributed by atoms with Crippen molar-refractivity contribution in [1.82, 2.24) is 14.5 Å². The van der Waals surface area contributed by atoms with Crippen LogP contribution >= 0.6 is 11.8 Å². The molecule has 1 aliphatic rings. The number of carbonyl (C=O) groups is 1. The molecule has 0 aromatic carbocycles. The van der Waals surface area contributed by atoms with E-state index in [4.69, 9.17) is 5.11 Å². The van der Waals surface area contributed by atoms with E-state index in [1.165, 1.54) is 24.6 Å². The fourth-order valence-corrected chi connectivity index (χ4v) is 3.22. The molecular formula is C14H17N3O2S. The number of aliphatic carboxylic acids is 1. The van der Waals surface area contributed by atoms with Gasteiger partial charge in [-0.2, -0.15) is 0 Å². The maximum atomic E-state index is 10.8. The van der Waals surface area contributed by atoms with Crippen LogP contribution in [0.1, 0.15) is 26.2 Å². The Kier molecular flexibility index (Phi) is 3.41. The van der Waals surface area contributed by atoms with E-state index in [-0.39, 0.29) is 5.75 Å². The van der Waals surface area contributed by atoms with Gasteiger partial charge in [-0.15, -0.1) is 0 Å². The fraction of sp³-hybridized carbons (Fsp3) is 0.500. The molecule has 0 saturated heterocycles. The van der Waals surface area contributed by atoms with Crippen LogP contribution in [0.2, 0.25) is 0 Å². The predicted molar refractivity (Wildman–Crippen MR) is 77.8 cm³/mol. The average molecular weight is 291 g/mol. The van der Waals surface area contributed by atoms with Gasteiger partial charge in [0.05, 0.1) is 17.5 Å². The highest BCUT2D eigenvalue weighted by atomic mass is 32.2. The number of imidazole rings is 1. The van der Waals surface area contributed by atoms with Crippen molar-refractivity contribution in [3.05, 3.63) is 18.5 Å². The second-order valence-corrected chi connectivity index (χ2v) is 6.32. The van der Waals surface area contributed by atoms with Crippen LogP contribution < -0.4 is 0 Å². The van der Waals surface area contributed by atoms with E-state index in [2.05, 4.69) is 21.5 Å². The molecule has 0 unspecified atom stereocenters. The summed E-state index contributed by atoms with van der Waals surface area (Å²) in [4.78, 5) is 19.4. The molecule has 0 radical (unpaired) electrons. The van der Waals surface area contributed by atoms with Gasteiger partial charge in [0.25, 0.3) is 0 Å². The Labute approximate surface area is 121 Å². The number of hydrogen-bond acceptors (Lipinski definition) is 4. The van der Waals surface area contributed by atoms with Crippen LogP contribution in [0.5, 0.6) is 0 Å². The number of fused-ring (bicyclic) bond motifs is 1. The molecule has 2 heterocycles. The minimum atomic E-state index is -0.816. The van der Waals surface area contributed by atoms with Gasteiger partial charge in [0.1, 0.15) is 5.52 Å². The van der Waals surface area contributed by atoms with Crippen molar-refractivity contribution in [2.75, 3.05) is 5.75 Å². The van der Waals surface area contributed by atoms with Crippen LogP contribution in [0, 0.1) is 5.41 Å². The van der Waals surface area contributed by atoms with Crippen molar-refractivity contribution in [3.63, 3.8) is 0 Å². The van der Waals surface area contributed by atoms with Crippen molar-refractivity contribution >= 4 is 28.8 Å². The summed E-state index contributed by atoms with van der Waals surface area (Å²) in [7, 11) is 0. The standard InChI is InChI=1S/C14H17N3O2S/c1-2-14(4-5-14)9-17-11-3-6-15-7-10(11)16-13(17)20-8-12(18)19/h3,6-7H,2,4-5,8-9H2,1H3,(H,18,19). The largest absolute Gasteiger partial charge is 0.481 e. The third-order valence-electron chi connectivity index (χ3n) is 4.04. The highest BCUT2D eigenvalue weighted by Crippen LogP contribution is 2.50. The topological polar surface area (TPSA) is 68.0 Å². The van der Waals surface area contributed by atoms with E-state index in [1.54, 1.807) is 12.4 Å². The predicted octanol–water partition coefficient (Wildman–Crippen LogP) is 2.80. The van der Waals surface area contributed by atoms with Crippen LogP contribution in [-0.2, 0) is 11.3 Å². The van der Waals surface area contributed by atoms with Crippen LogP contribution in [0.3, 0.4) is 0 Å². The Morgan fingerprint density at radius 3 is 3.00 bits per heavy atom. The minimum absolute atomic E-state index is 0.0376. The average Bonchev–Trinajstić information content (AvgIpc) is 3.14. The molecule has 0 spiro atoms. The molecule has 6 heteroatoms. The number of rotatable bonds is 6. The van der Waals surface area contributed by atoms with E-state index in [9.17, 15) is 4.79 Å². The number of thioether (sulfide) groups is 1. The number of carboxylic acids is 1. The highest BCUT2D eigenvalue weighted by Gasteiger charge is 2.41. The Morgan fingerprint density at radius 1 is 1.55 bits per heavy atom. The van der Waals surface area contributed by atoms with Crippen molar-refractivity contribution in [2.24, 2.45) is 5.41 Å². The van der Waals surface area contributed by atoms with Crippen LogP contribution in [-0.4, -0.2) is 31.4 Å². The Morgan fingerprint density at radius 2 is 2.35 bits per heavy atom. The number of pyridine rings is 1. The summed E-state index contributed by atoms with van der Waals surface area (Å²) in [5.41, 5.74) is 2.27. The molecule has 106 valence electrons. The molecule has 1 N–H and O–H groups in total. The summed E-state index contributed by atoms with van der Waals surface area (Å²) in [5.74, 6) is -0.779. The lowest BCUT2D eigenvalue weighted by Crippen LogP contribution is -2.12. The second-order valence-electron chi connectivity index (χ2n) is 5.38. The van der Waals surface area contributed by atoms with E-state index < -0.39 is 5.97 Å². The molecule has 3 rings (SSSR count). The quantitative estimate of drug-likeness (QED) is 0.829. The zero-order valence-electron chi connectivity index (χ0n) is 11.4. The van der Waals surface area contributed by atoms with E-state index >= 15 is 0 Å². The molecule has 0 atom stereocenters. The first kappa shape index (κ1) is 13.4. The summed E-state index contributed by atoms with van der Waals surface area (Å²) < 4.78 is 2.17. The lowest BCUT2D eigenvalue weighted by Gasteiger charge is -2.16. The van der Waals surface area contributed by atoms with Crippen molar-refractivity contribution in [1.29, 1.82) is 0 Å². The number of aromatic nitrogens is 3. The molecule has 2 aromatic heterocycles. The first-order valence-electron chi connectivity index (χ1n) is 6.78. The summed E-state index contributed by atoms with van der Waals surface area (Å²) in [5, 5.41) is 9.65. The first-order valence-corrected chi connectivity index (χ1v) is 7.77. The Balaban J connectivity index is 1.97. The molecule has 1 saturated carbocycles. The maximum absolute atomic E-state index is 10.8.